The maximum Gasteiger partial charge on any atom is 0.0542 e. The molecule has 6 aromatic carbocycles. The summed E-state index contributed by atoms with van der Waals surface area (Å²) in [7, 11) is 0. The third kappa shape index (κ3) is 2.82. The fourth-order valence-electron chi connectivity index (χ4n) is 6.56. The maximum absolute atomic E-state index is 3.62. The lowest BCUT2D eigenvalue weighted by atomic mass is 10.1. The van der Waals surface area contributed by atoms with Crippen molar-refractivity contribution in [2.24, 2.45) is 0 Å². The van der Waals surface area contributed by atoms with Crippen molar-refractivity contribution in [1.29, 1.82) is 0 Å². The molecule has 182 valence electrons. The van der Waals surface area contributed by atoms with Gasteiger partial charge in [0, 0.05) is 54.7 Å². The highest BCUT2D eigenvalue weighted by atomic mass is 15.0. The molecule has 0 aliphatic carbocycles. The number of para-hydroxylation sites is 4. The minimum atomic E-state index is 1.15. The number of hydrogen-bond donors (Lipinski definition) is 1. The summed E-state index contributed by atoms with van der Waals surface area (Å²) >= 11 is 0. The molecule has 39 heavy (non-hydrogen) atoms. The van der Waals surface area contributed by atoms with E-state index in [9.17, 15) is 0 Å². The van der Waals surface area contributed by atoms with Gasteiger partial charge in [0.15, 0.2) is 0 Å². The SMILES string of the molecule is c1ccc2c(c1)[nH]c1cc(-n3c4ccccc4c4cc(-n5c6ccccc6c6ccccc65)ccc43)ccc12. The Morgan fingerprint density at radius 2 is 0.795 bits per heavy atom. The zero-order valence-electron chi connectivity index (χ0n) is 21.1. The van der Waals surface area contributed by atoms with Crippen molar-refractivity contribution in [2.45, 2.75) is 0 Å². The molecule has 0 saturated carbocycles. The summed E-state index contributed by atoms with van der Waals surface area (Å²) in [6, 6.07) is 48.3. The summed E-state index contributed by atoms with van der Waals surface area (Å²) < 4.78 is 4.79. The van der Waals surface area contributed by atoms with Gasteiger partial charge in [-0.1, -0.05) is 78.9 Å². The van der Waals surface area contributed by atoms with Crippen LogP contribution in [0.25, 0.3) is 76.8 Å². The van der Waals surface area contributed by atoms with E-state index in [1.165, 1.54) is 65.6 Å². The highest BCUT2D eigenvalue weighted by Gasteiger charge is 2.16. The Bertz CT molecular complexity index is 2340. The van der Waals surface area contributed by atoms with Gasteiger partial charge in [-0.2, -0.15) is 0 Å². The average molecular weight is 498 g/mol. The molecular formula is C36H23N3. The first-order valence-corrected chi connectivity index (χ1v) is 13.4. The second-order valence-electron chi connectivity index (χ2n) is 10.3. The van der Waals surface area contributed by atoms with E-state index in [1.54, 1.807) is 0 Å². The van der Waals surface area contributed by atoms with Crippen molar-refractivity contribution in [1.82, 2.24) is 14.1 Å². The van der Waals surface area contributed by atoms with Crippen LogP contribution in [-0.2, 0) is 0 Å². The lowest BCUT2D eigenvalue weighted by Gasteiger charge is -2.10. The topological polar surface area (TPSA) is 25.6 Å². The Balaban J connectivity index is 1.33. The quantitative estimate of drug-likeness (QED) is 0.246. The molecule has 1 N–H and O–H groups in total. The monoisotopic (exact) mass is 497 g/mol. The number of aromatic amines is 1. The number of H-pyrrole nitrogens is 1. The van der Waals surface area contributed by atoms with Gasteiger partial charge < -0.3 is 14.1 Å². The van der Waals surface area contributed by atoms with Gasteiger partial charge in [0.05, 0.1) is 22.1 Å². The summed E-state index contributed by atoms with van der Waals surface area (Å²) in [5.74, 6) is 0. The van der Waals surface area contributed by atoms with Gasteiger partial charge in [-0.25, -0.2) is 0 Å². The first-order valence-electron chi connectivity index (χ1n) is 13.4. The molecule has 0 radical (unpaired) electrons. The summed E-state index contributed by atoms with van der Waals surface area (Å²) in [6.45, 7) is 0. The molecular weight excluding hydrogens is 474 g/mol. The van der Waals surface area contributed by atoms with E-state index in [0.717, 1.165) is 11.2 Å². The van der Waals surface area contributed by atoms with Gasteiger partial charge in [0.2, 0.25) is 0 Å². The molecule has 3 heterocycles. The lowest BCUT2D eigenvalue weighted by molar-refractivity contribution is 1.17. The van der Waals surface area contributed by atoms with Gasteiger partial charge in [0.25, 0.3) is 0 Å². The molecule has 0 atom stereocenters. The van der Waals surface area contributed by atoms with Crippen LogP contribution in [0, 0.1) is 0 Å². The fraction of sp³-hybridized carbons (Fsp3) is 0. The van der Waals surface area contributed by atoms with Crippen LogP contribution in [0.3, 0.4) is 0 Å². The molecule has 0 amide bonds. The van der Waals surface area contributed by atoms with Crippen LogP contribution in [0.15, 0.2) is 133 Å². The minimum absolute atomic E-state index is 1.15. The van der Waals surface area contributed by atoms with Gasteiger partial charge >= 0.3 is 0 Å². The first-order chi connectivity index (χ1) is 19.3. The number of hydrogen-bond acceptors (Lipinski definition) is 0. The van der Waals surface area contributed by atoms with E-state index in [2.05, 4.69) is 148 Å². The highest BCUT2D eigenvalue weighted by molar-refractivity contribution is 6.13. The smallest absolute Gasteiger partial charge is 0.0542 e. The van der Waals surface area contributed by atoms with Crippen LogP contribution in [0.2, 0.25) is 0 Å². The minimum Gasteiger partial charge on any atom is -0.354 e. The molecule has 9 rings (SSSR count). The third-order valence-electron chi connectivity index (χ3n) is 8.24. The van der Waals surface area contributed by atoms with E-state index in [1.807, 2.05) is 0 Å². The second kappa shape index (κ2) is 7.62. The van der Waals surface area contributed by atoms with Gasteiger partial charge in [-0.3, -0.25) is 0 Å². The van der Waals surface area contributed by atoms with Crippen molar-refractivity contribution in [3.05, 3.63) is 133 Å². The Kier molecular flexibility index (Phi) is 4.05. The summed E-state index contributed by atoms with van der Waals surface area (Å²) in [4.78, 5) is 3.62. The Labute approximate surface area is 224 Å². The van der Waals surface area contributed by atoms with Crippen LogP contribution in [0.4, 0.5) is 0 Å². The predicted octanol–water partition coefficient (Wildman–Crippen LogP) is 9.52. The van der Waals surface area contributed by atoms with Crippen molar-refractivity contribution in [3.63, 3.8) is 0 Å². The van der Waals surface area contributed by atoms with E-state index < -0.39 is 0 Å². The van der Waals surface area contributed by atoms with E-state index in [-0.39, 0.29) is 0 Å². The number of nitrogens with one attached hydrogen (secondary N) is 1. The highest BCUT2D eigenvalue weighted by Crippen LogP contribution is 2.37. The maximum atomic E-state index is 3.62. The van der Waals surface area contributed by atoms with Crippen molar-refractivity contribution >= 4 is 65.4 Å². The molecule has 9 aromatic rings. The van der Waals surface area contributed by atoms with Gasteiger partial charge in [0.1, 0.15) is 0 Å². The molecule has 0 aliphatic rings. The van der Waals surface area contributed by atoms with Crippen LogP contribution in [0.1, 0.15) is 0 Å². The molecule has 0 unspecified atom stereocenters. The molecule has 0 saturated heterocycles. The zero-order valence-corrected chi connectivity index (χ0v) is 21.1. The van der Waals surface area contributed by atoms with Crippen LogP contribution >= 0.6 is 0 Å². The molecule has 0 bridgehead atoms. The van der Waals surface area contributed by atoms with E-state index in [4.69, 9.17) is 0 Å². The average Bonchev–Trinajstić information content (AvgIpc) is 3.64. The van der Waals surface area contributed by atoms with Crippen LogP contribution < -0.4 is 0 Å². The third-order valence-corrected chi connectivity index (χ3v) is 8.24. The first kappa shape index (κ1) is 20.7. The summed E-state index contributed by atoms with van der Waals surface area (Å²) in [5, 5.41) is 7.58. The Hall–Kier alpha value is -5.28. The molecule has 3 heteroatoms. The Morgan fingerprint density at radius 1 is 0.333 bits per heavy atom. The van der Waals surface area contributed by atoms with Crippen molar-refractivity contribution < 1.29 is 0 Å². The van der Waals surface area contributed by atoms with Crippen LogP contribution in [0.5, 0.6) is 0 Å². The van der Waals surface area contributed by atoms with Gasteiger partial charge in [-0.15, -0.1) is 0 Å². The van der Waals surface area contributed by atoms with E-state index >= 15 is 0 Å². The number of benzene rings is 6. The van der Waals surface area contributed by atoms with E-state index in [0.29, 0.717) is 0 Å². The standard InChI is InChI=1S/C36H23N3/c1-5-13-31-25(9-1)26-19-17-24(22-32(26)37-31)39-35-16-8-4-12-29(35)30-21-23(18-20-36(30)39)38-33-14-6-2-10-27(33)28-11-3-7-15-34(28)38/h1-22,37H. The number of aromatic nitrogens is 3. The fourth-order valence-corrected chi connectivity index (χ4v) is 6.56. The zero-order chi connectivity index (χ0) is 25.5. The normalized spacial score (nSPS) is 12.1. The van der Waals surface area contributed by atoms with Crippen molar-refractivity contribution in [3.8, 4) is 11.4 Å². The number of nitrogens with zero attached hydrogens (tertiary/aromatic N) is 2. The summed E-state index contributed by atoms with van der Waals surface area (Å²) in [5.41, 5.74) is 9.53. The number of rotatable bonds is 2. The molecule has 0 fully saturated rings. The Morgan fingerprint density at radius 3 is 1.46 bits per heavy atom. The van der Waals surface area contributed by atoms with Crippen molar-refractivity contribution in [2.75, 3.05) is 0 Å². The predicted molar refractivity (Wildman–Crippen MR) is 164 cm³/mol. The largest absolute Gasteiger partial charge is 0.354 e. The lowest BCUT2D eigenvalue weighted by Crippen LogP contribution is -1.95. The molecule has 3 aromatic heterocycles. The second-order valence-corrected chi connectivity index (χ2v) is 10.3. The van der Waals surface area contributed by atoms with Gasteiger partial charge in [-0.05, 0) is 54.6 Å². The van der Waals surface area contributed by atoms with Crippen LogP contribution in [-0.4, -0.2) is 14.1 Å². The molecule has 0 aliphatic heterocycles. The number of fused-ring (bicyclic) bond motifs is 9. The molecule has 3 nitrogen and oxygen atoms in total. The summed E-state index contributed by atoms with van der Waals surface area (Å²) in [6.07, 6.45) is 0. The molecule has 0 spiro atoms.